The highest BCUT2D eigenvalue weighted by atomic mass is 16.5. The van der Waals surface area contributed by atoms with E-state index in [1.54, 1.807) is 30.3 Å². The lowest BCUT2D eigenvalue weighted by Crippen LogP contribution is -1.98. The second-order valence-electron chi connectivity index (χ2n) is 3.50. The molecule has 0 unspecified atom stereocenters. The van der Waals surface area contributed by atoms with E-state index < -0.39 is 5.97 Å². The Kier molecular flexibility index (Phi) is 3.43. The second-order valence-corrected chi connectivity index (χ2v) is 3.50. The fourth-order valence-electron chi connectivity index (χ4n) is 1.53. The number of amides is 1. The van der Waals surface area contributed by atoms with Crippen molar-refractivity contribution in [3.63, 3.8) is 0 Å². The number of carbonyl (C=O) groups is 2. The summed E-state index contributed by atoms with van der Waals surface area (Å²) in [5.41, 5.74) is 1.41. The highest BCUT2D eigenvalue weighted by molar-refractivity contribution is 5.87. The number of anilines is 1. The molecule has 0 bridgehead atoms. The van der Waals surface area contributed by atoms with Crippen LogP contribution < -0.4 is 5.32 Å². The summed E-state index contributed by atoms with van der Waals surface area (Å²) in [7, 11) is 1.29. The van der Waals surface area contributed by atoms with Crippen LogP contribution in [0.15, 0.2) is 40.8 Å². The van der Waals surface area contributed by atoms with Crippen LogP contribution in [0.2, 0.25) is 0 Å². The van der Waals surface area contributed by atoms with Crippen molar-refractivity contribution in [2.24, 2.45) is 0 Å². The number of rotatable bonds is 4. The quantitative estimate of drug-likeness (QED) is 0.662. The van der Waals surface area contributed by atoms with E-state index in [2.05, 4.69) is 10.1 Å². The molecule has 0 spiro atoms. The maximum Gasteiger partial charge on any atom is 0.373 e. The lowest BCUT2D eigenvalue weighted by molar-refractivity contribution is -0.105. The molecule has 1 heterocycles. The normalized spacial score (nSPS) is 9.83. The summed E-state index contributed by atoms with van der Waals surface area (Å²) in [6.45, 7) is 0. The highest BCUT2D eigenvalue weighted by Gasteiger charge is 2.12. The lowest BCUT2D eigenvalue weighted by Gasteiger charge is -2.01. The van der Waals surface area contributed by atoms with Gasteiger partial charge < -0.3 is 14.5 Å². The first-order chi connectivity index (χ1) is 8.74. The van der Waals surface area contributed by atoms with Crippen LogP contribution in [0.3, 0.4) is 0 Å². The van der Waals surface area contributed by atoms with E-state index in [4.69, 9.17) is 4.42 Å². The van der Waals surface area contributed by atoms with Gasteiger partial charge in [-0.15, -0.1) is 0 Å². The highest BCUT2D eigenvalue weighted by Crippen LogP contribution is 2.24. The topological polar surface area (TPSA) is 68.5 Å². The first kappa shape index (κ1) is 11.9. The largest absolute Gasteiger partial charge is 0.463 e. The molecule has 0 fully saturated rings. The number of benzene rings is 1. The van der Waals surface area contributed by atoms with Crippen molar-refractivity contribution in [2.75, 3.05) is 12.4 Å². The monoisotopic (exact) mass is 245 g/mol. The molecule has 1 N–H and O–H groups in total. The Labute approximate surface area is 103 Å². The molecule has 0 radical (unpaired) electrons. The SMILES string of the molecule is COC(=O)c1ccc(-c2cccc(NC=O)c2)o1. The number of carbonyl (C=O) groups excluding carboxylic acids is 2. The maximum atomic E-state index is 11.3. The van der Waals surface area contributed by atoms with Crippen LogP contribution in [0.4, 0.5) is 5.69 Å². The number of hydrogen-bond donors (Lipinski definition) is 1. The Balaban J connectivity index is 2.30. The van der Waals surface area contributed by atoms with Gasteiger partial charge in [0, 0.05) is 11.3 Å². The van der Waals surface area contributed by atoms with Crippen LogP contribution in [-0.4, -0.2) is 19.5 Å². The summed E-state index contributed by atoms with van der Waals surface area (Å²) < 4.78 is 9.92. The molecule has 5 nitrogen and oxygen atoms in total. The van der Waals surface area contributed by atoms with Gasteiger partial charge in [-0.1, -0.05) is 12.1 Å². The van der Waals surface area contributed by atoms with Gasteiger partial charge in [0.1, 0.15) is 5.76 Å². The molecule has 0 saturated carbocycles. The van der Waals surface area contributed by atoms with Gasteiger partial charge in [-0.05, 0) is 24.3 Å². The van der Waals surface area contributed by atoms with Crippen LogP contribution in [0.5, 0.6) is 0 Å². The summed E-state index contributed by atoms with van der Waals surface area (Å²) in [5.74, 6) is 0.148. The van der Waals surface area contributed by atoms with E-state index in [1.807, 2.05) is 6.07 Å². The van der Waals surface area contributed by atoms with Gasteiger partial charge in [0.05, 0.1) is 7.11 Å². The number of furan rings is 1. The van der Waals surface area contributed by atoms with Gasteiger partial charge in [0.2, 0.25) is 12.2 Å². The minimum absolute atomic E-state index is 0.140. The van der Waals surface area contributed by atoms with Gasteiger partial charge in [0.15, 0.2) is 0 Å². The van der Waals surface area contributed by atoms with Gasteiger partial charge in [0.25, 0.3) is 0 Å². The molecular weight excluding hydrogens is 234 g/mol. The summed E-state index contributed by atoms with van der Waals surface area (Å²) in [6.07, 6.45) is 0.598. The van der Waals surface area contributed by atoms with Crippen LogP contribution in [0.1, 0.15) is 10.6 Å². The molecule has 1 aromatic heterocycles. The number of methoxy groups -OCH3 is 1. The lowest BCUT2D eigenvalue weighted by atomic mass is 10.1. The standard InChI is InChI=1S/C13H11NO4/c1-17-13(16)12-6-5-11(18-12)9-3-2-4-10(7-9)14-8-15/h2-8H,1H3,(H,14,15). The maximum absolute atomic E-state index is 11.3. The Bertz CT molecular complexity index is 574. The zero-order valence-corrected chi connectivity index (χ0v) is 9.67. The number of esters is 1. The molecule has 0 atom stereocenters. The van der Waals surface area contributed by atoms with Crippen LogP contribution in [-0.2, 0) is 9.53 Å². The Hall–Kier alpha value is -2.56. The minimum atomic E-state index is -0.525. The predicted molar refractivity (Wildman–Crippen MR) is 65.2 cm³/mol. The molecule has 92 valence electrons. The molecule has 0 aliphatic carbocycles. The third kappa shape index (κ3) is 2.40. The second kappa shape index (κ2) is 5.18. The van der Waals surface area contributed by atoms with Crippen molar-refractivity contribution in [2.45, 2.75) is 0 Å². The van der Waals surface area contributed by atoms with Crippen molar-refractivity contribution >= 4 is 18.1 Å². The van der Waals surface area contributed by atoms with Crippen molar-refractivity contribution in [3.8, 4) is 11.3 Å². The number of ether oxygens (including phenoxy) is 1. The minimum Gasteiger partial charge on any atom is -0.463 e. The predicted octanol–water partition coefficient (Wildman–Crippen LogP) is 2.30. The van der Waals surface area contributed by atoms with Gasteiger partial charge in [-0.2, -0.15) is 0 Å². The van der Waals surface area contributed by atoms with E-state index in [0.717, 1.165) is 5.56 Å². The summed E-state index contributed by atoms with van der Waals surface area (Å²) >= 11 is 0. The first-order valence-electron chi connectivity index (χ1n) is 5.23. The van der Waals surface area contributed by atoms with Crippen LogP contribution >= 0.6 is 0 Å². The summed E-state index contributed by atoms with van der Waals surface area (Å²) in [6, 6.07) is 10.3. The zero-order chi connectivity index (χ0) is 13.0. The molecule has 2 aromatic rings. The molecule has 2 rings (SSSR count). The third-order valence-corrected chi connectivity index (χ3v) is 2.37. The molecule has 18 heavy (non-hydrogen) atoms. The van der Waals surface area contributed by atoms with E-state index in [9.17, 15) is 9.59 Å². The molecule has 1 aromatic carbocycles. The van der Waals surface area contributed by atoms with Crippen LogP contribution in [0, 0.1) is 0 Å². The molecule has 0 saturated heterocycles. The van der Waals surface area contributed by atoms with Crippen LogP contribution in [0.25, 0.3) is 11.3 Å². The van der Waals surface area contributed by atoms with Gasteiger partial charge >= 0.3 is 5.97 Å². The van der Waals surface area contributed by atoms with Gasteiger partial charge in [-0.25, -0.2) is 4.79 Å². The van der Waals surface area contributed by atoms with Crippen molar-refractivity contribution in [1.82, 2.24) is 0 Å². The van der Waals surface area contributed by atoms with Crippen molar-refractivity contribution in [3.05, 3.63) is 42.2 Å². The van der Waals surface area contributed by atoms with E-state index in [1.165, 1.54) is 7.11 Å². The Morgan fingerprint density at radius 2 is 2.17 bits per heavy atom. The fraction of sp³-hybridized carbons (Fsp3) is 0.0769. The molecule has 1 amide bonds. The Morgan fingerprint density at radius 3 is 2.89 bits per heavy atom. The van der Waals surface area contributed by atoms with Gasteiger partial charge in [-0.3, -0.25) is 4.79 Å². The van der Waals surface area contributed by atoms with Crippen molar-refractivity contribution < 1.29 is 18.7 Å². The molecular formula is C13H11NO4. The molecule has 0 aliphatic heterocycles. The smallest absolute Gasteiger partial charge is 0.373 e. The molecule has 5 heteroatoms. The average Bonchev–Trinajstić information content (AvgIpc) is 2.88. The van der Waals surface area contributed by atoms with E-state index in [0.29, 0.717) is 17.9 Å². The fourth-order valence-corrected chi connectivity index (χ4v) is 1.53. The summed E-state index contributed by atoms with van der Waals surface area (Å²) in [4.78, 5) is 21.6. The average molecular weight is 245 g/mol. The first-order valence-corrected chi connectivity index (χ1v) is 5.23. The van der Waals surface area contributed by atoms with Crippen molar-refractivity contribution in [1.29, 1.82) is 0 Å². The number of hydrogen-bond acceptors (Lipinski definition) is 4. The zero-order valence-electron chi connectivity index (χ0n) is 9.67. The number of nitrogens with one attached hydrogen (secondary N) is 1. The van der Waals surface area contributed by atoms with E-state index in [-0.39, 0.29) is 5.76 Å². The van der Waals surface area contributed by atoms with E-state index >= 15 is 0 Å². The Morgan fingerprint density at radius 1 is 1.33 bits per heavy atom. The summed E-state index contributed by atoms with van der Waals surface area (Å²) in [5, 5.41) is 2.54. The molecule has 0 aliphatic rings. The third-order valence-electron chi connectivity index (χ3n) is 2.37.